The van der Waals surface area contributed by atoms with E-state index in [1.54, 1.807) is 19.1 Å². The van der Waals surface area contributed by atoms with Gasteiger partial charge in [0.2, 0.25) is 6.17 Å². The summed E-state index contributed by atoms with van der Waals surface area (Å²) in [7, 11) is 0. The zero-order valence-corrected chi connectivity index (χ0v) is 9.20. The van der Waals surface area contributed by atoms with Gasteiger partial charge in [-0.1, -0.05) is 24.3 Å². The monoisotopic (exact) mass is 224 g/mol. The van der Waals surface area contributed by atoms with Gasteiger partial charge < -0.3 is 4.74 Å². The maximum Gasteiger partial charge on any atom is 0.345 e. The van der Waals surface area contributed by atoms with Crippen molar-refractivity contribution in [3.05, 3.63) is 35.4 Å². The van der Waals surface area contributed by atoms with E-state index in [-0.39, 0.29) is 23.5 Å². The Morgan fingerprint density at radius 1 is 1.38 bits per heavy atom. The number of carbonyl (C=O) groups is 2. The van der Waals surface area contributed by atoms with Gasteiger partial charge in [0.1, 0.15) is 0 Å². The SMILES string of the molecule is CCOC(=O)C(F)c1ccccc1C(C)=O. The van der Waals surface area contributed by atoms with Gasteiger partial charge in [-0.2, -0.15) is 0 Å². The normalized spacial score (nSPS) is 11.9. The number of hydrogen-bond acceptors (Lipinski definition) is 3. The predicted molar refractivity (Wildman–Crippen MR) is 56.9 cm³/mol. The van der Waals surface area contributed by atoms with Crippen molar-refractivity contribution in [2.24, 2.45) is 0 Å². The Morgan fingerprint density at radius 2 is 2.00 bits per heavy atom. The summed E-state index contributed by atoms with van der Waals surface area (Å²) in [5, 5.41) is 0. The number of Topliss-reactive ketones (excluding diaryl/α,β-unsaturated/α-hetero) is 1. The second-order valence-electron chi connectivity index (χ2n) is 3.26. The van der Waals surface area contributed by atoms with E-state index in [9.17, 15) is 14.0 Å². The fourth-order valence-corrected chi connectivity index (χ4v) is 1.38. The number of carbonyl (C=O) groups excluding carboxylic acids is 2. The van der Waals surface area contributed by atoms with Crippen LogP contribution < -0.4 is 0 Å². The smallest absolute Gasteiger partial charge is 0.345 e. The van der Waals surface area contributed by atoms with Crippen molar-refractivity contribution in [1.82, 2.24) is 0 Å². The fourth-order valence-electron chi connectivity index (χ4n) is 1.38. The van der Waals surface area contributed by atoms with Gasteiger partial charge in [-0.25, -0.2) is 9.18 Å². The highest BCUT2D eigenvalue weighted by Gasteiger charge is 2.24. The molecule has 0 aromatic heterocycles. The Morgan fingerprint density at radius 3 is 2.56 bits per heavy atom. The number of rotatable bonds is 4. The first-order valence-corrected chi connectivity index (χ1v) is 4.98. The van der Waals surface area contributed by atoms with Gasteiger partial charge in [-0.15, -0.1) is 0 Å². The molecule has 0 saturated carbocycles. The van der Waals surface area contributed by atoms with Crippen molar-refractivity contribution in [3.63, 3.8) is 0 Å². The molecule has 3 nitrogen and oxygen atoms in total. The number of alkyl halides is 1. The minimum absolute atomic E-state index is 0.0634. The van der Waals surface area contributed by atoms with Crippen LogP contribution in [0.1, 0.15) is 35.9 Å². The largest absolute Gasteiger partial charge is 0.464 e. The maximum atomic E-state index is 13.7. The summed E-state index contributed by atoms with van der Waals surface area (Å²) in [6.07, 6.45) is -1.90. The van der Waals surface area contributed by atoms with Crippen LogP contribution in [0.15, 0.2) is 24.3 Å². The second-order valence-corrected chi connectivity index (χ2v) is 3.26. The van der Waals surface area contributed by atoms with Crippen molar-refractivity contribution in [2.45, 2.75) is 20.0 Å². The molecule has 4 heteroatoms. The van der Waals surface area contributed by atoms with Gasteiger partial charge >= 0.3 is 5.97 Å². The highest BCUT2D eigenvalue weighted by molar-refractivity contribution is 5.97. The molecule has 1 atom stereocenters. The number of benzene rings is 1. The van der Waals surface area contributed by atoms with Gasteiger partial charge in [0.05, 0.1) is 6.61 Å². The Balaban J connectivity index is 3.03. The summed E-state index contributed by atoms with van der Waals surface area (Å²) in [6.45, 7) is 3.04. The molecule has 0 radical (unpaired) electrons. The minimum atomic E-state index is -1.90. The molecule has 0 fully saturated rings. The lowest BCUT2D eigenvalue weighted by Gasteiger charge is -2.10. The summed E-state index contributed by atoms with van der Waals surface area (Å²) in [6, 6.07) is 6.10. The Hall–Kier alpha value is -1.71. The van der Waals surface area contributed by atoms with Gasteiger partial charge in [0.15, 0.2) is 5.78 Å². The van der Waals surface area contributed by atoms with Crippen molar-refractivity contribution in [1.29, 1.82) is 0 Å². The first-order chi connectivity index (χ1) is 7.57. The summed E-state index contributed by atoms with van der Waals surface area (Å²) in [4.78, 5) is 22.4. The molecule has 0 aliphatic heterocycles. The number of halogens is 1. The highest BCUT2D eigenvalue weighted by Crippen LogP contribution is 2.23. The average Bonchev–Trinajstić information content (AvgIpc) is 2.28. The van der Waals surface area contributed by atoms with E-state index < -0.39 is 12.1 Å². The van der Waals surface area contributed by atoms with E-state index in [0.29, 0.717) is 0 Å². The molecule has 1 aromatic carbocycles. The second kappa shape index (κ2) is 5.39. The summed E-state index contributed by atoms with van der Waals surface area (Å²) >= 11 is 0. The predicted octanol–water partition coefficient (Wildman–Crippen LogP) is 2.46. The van der Waals surface area contributed by atoms with Crippen LogP contribution in [-0.4, -0.2) is 18.4 Å². The summed E-state index contributed by atoms with van der Waals surface area (Å²) in [5.74, 6) is -1.24. The first-order valence-electron chi connectivity index (χ1n) is 4.98. The third-order valence-corrected chi connectivity index (χ3v) is 2.11. The molecular formula is C12H13FO3. The van der Waals surface area contributed by atoms with Crippen LogP contribution in [0.4, 0.5) is 4.39 Å². The summed E-state index contributed by atoms with van der Waals surface area (Å²) in [5.41, 5.74) is 0.275. The minimum Gasteiger partial charge on any atom is -0.464 e. The maximum absolute atomic E-state index is 13.7. The number of hydrogen-bond donors (Lipinski definition) is 0. The molecule has 0 N–H and O–H groups in total. The van der Waals surface area contributed by atoms with Crippen molar-refractivity contribution < 1.29 is 18.7 Å². The van der Waals surface area contributed by atoms with E-state index in [0.717, 1.165) is 0 Å². The van der Waals surface area contributed by atoms with Crippen LogP contribution in [0.3, 0.4) is 0 Å². The van der Waals surface area contributed by atoms with Gasteiger partial charge in [-0.3, -0.25) is 4.79 Å². The zero-order valence-electron chi connectivity index (χ0n) is 9.20. The lowest BCUT2D eigenvalue weighted by atomic mass is 10.0. The van der Waals surface area contributed by atoms with Gasteiger partial charge in [0.25, 0.3) is 0 Å². The van der Waals surface area contributed by atoms with E-state index in [2.05, 4.69) is 4.74 Å². The van der Waals surface area contributed by atoms with Crippen LogP contribution >= 0.6 is 0 Å². The van der Waals surface area contributed by atoms with E-state index in [1.807, 2.05) is 0 Å². The van der Waals surface area contributed by atoms with Gasteiger partial charge in [0, 0.05) is 11.1 Å². The Kier molecular flexibility index (Phi) is 4.17. The Bertz CT molecular complexity index is 401. The van der Waals surface area contributed by atoms with Crippen molar-refractivity contribution >= 4 is 11.8 Å². The third kappa shape index (κ3) is 2.66. The molecule has 16 heavy (non-hydrogen) atoms. The van der Waals surface area contributed by atoms with Crippen LogP contribution in [0.25, 0.3) is 0 Å². The van der Waals surface area contributed by atoms with Crippen LogP contribution in [0.5, 0.6) is 0 Å². The molecule has 0 aliphatic carbocycles. The average molecular weight is 224 g/mol. The van der Waals surface area contributed by atoms with Gasteiger partial charge in [-0.05, 0) is 13.8 Å². The third-order valence-electron chi connectivity index (χ3n) is 2.11. The lowest BCUT2D eigenvalue weighted by molar-refractivity contribution is -0.149. The first kappa shape index (κ1) is 12.4. The molecule has 0 bridgehead atoms. The van der Waals surface area contributed by atoms with E-state index in [4.69, 9.17) is 0 Å². The van der Waals surface area contributed by atoms with Crippen LogP contribution in [0, 0.1) is 0 Å². The molecule has 0 saturated heterocycles. The number of esters is 1. The zero-order chi connectivity index (χ0) is 12.1. The molecular weight excluding hydrogens is 211 g/mol. The molecule has 0 amide bonds. The molecule has 0 heterocycles. The molecule has 1 unspecified atom stereocenters. The molecule has 0 aliphatic rings. The number of ether oxygens (including phenoxy) is 1. The van der Waals surface area contributed by atoms with Crippen LogP contribution in [-0.2, 0) is 9.53 Å². The molecule has 0 spiro atoms. The Labute approximate surface area is 93.2 Å². The topological polar surface area (TPSA) is 43.4 Å². The number of ketones is 1. The fraction of sp³-hybridized carbons (Fsp3) is 0.333. The summed E-state index contributed by atoms with van der Waals surface area (Å²) < 4.78 is 18.3. The van der Waals surface area contributed by atoms with Crippen LogP contribution in [0.2, 0.25) is 0 Å². The van der Waals surface area contributed by atoms with E-state index in [1.165, 1.54) is 19.1 Å². The molecule has 1 aromatic rings. The van der Waals surface area contributed by atoms with Crippen molar-refractivity contribution in [2.75, 3.05) is 6.61 Å². The quantitative estimate of drug-likeness (QED) is 0.582. The molecule has 1 rings (SSSR count). The lowest BCUT2D eigenvalue weighted by Crippen LogP contribution is -2.14. The van der Waals surface area contributed by atoms with Crippen molar-refractivity contribution in [3.8, 4) is 0 Å². The standard InChI is InChI=1S/C12H13FO3/c1-3-16-12(15)11(13)10-7-5-4-6-9(10)8(2)14/h4-7,11H,3H2,1-2H3. The van der Waals surface area contributed by atoms with E-state index >= 15 is 0 Å². The molecule has 86 valence electrons. The highest BCUT2D eigenvalue weighted by atomic mass is 19.1.